The van der Waals surface area contributed by atoms with Crippen molar-refractivity contribution in [2.75, 3.05) is 45.9 Å². The predicted molar refractivity (Wildman–Crippen MR) is 54.9 cm³/mol. The van der Waals surface area contributed by atoms with Crippen LogP contribution in [0.4, 0.5) is 0 Å². The fourth-order valence-corrected chi connectivity index (χ4v) is 2.39. The Hall–Kier alpha value is -0.650. The van der Waals surface area contributed by atoms with Gasteiger partial charge in [0, 0.05) is 32.2 Å². The van der Waals surface area contributed by atoms with Gasteiger partial charge >= 0.3 is 5.97 Å². The van der Waals surface area contributed by atoms with Crippen LogP contribution >= 0.6 is 0 Å². The van der Waals surface area contributed by atoms with Gasteiger partial charge in [0.2, 0.25) is 0 Å². The van der Waals surface area contributed by atoms with E-state index < -0.39 is 5.97 Å². The predicted octanol–water partition coefficient (Wildman–Crippen LogP) is -0.522. The van der Waals surface area contributed by atoms with Gasteiger partial charge in [0.05, 0.1) is 19.8 Å². The van der Waals surface area contributed by atoms with Crippen molar-refractivity contribution in [1.29, 1.82) is 0 Å². The lowest BCUT2D eigenvalue weighted by molar-refractivity contribution is -0.138. The van der Waals surface area contributed by atoms with Gasteiger partial charge in [-0.15, -0.1) is 0 Å². The summed E-state index contributed by atoms with van der Waals surface area (Å²) in [6, 6.07) is 0.535. The van der Waals surface area contributed by atoms with Crippen LogP contribution in [-0.4, -0.2) is 72.9 Å². The Kier molecular flexibility index (Phi) is 3.56. The van der Waals surface area contributed by atoms with Crippen molar-refractivity contribution in [3.63, 3.8) is 0 Å². The zero-order valence-electron chi connectivity index (χ0n) is 8.89. The number of nitrogens with zero attached hydrogens (tertiary/aromatic N) is 2. The molecule has 0 saturated carbocycles. The first-order chi connectivity index (χ1) is 7.25. The Bertz CT molecular complexity index is 229. The molecule has 0 aliphatic carbocycles. The van der Waals surface area contributed by atoms with E-state index in [1.165, 1.54) is 0 Å². The minimum absolute atomic E-state index is 0.181. The van der Waals surface area contributed by atoms with Gasteiger partial charge in [-0.1, -0.05) is 0 Å². The Balaban J connectivity index is 1.78. The second kappa shape index (κ2) is 4.92. The van der Waals surface area contributed by atoms with E-state index in [9.17, 15) is 4.79 Å². The number of rotatable bonds is 3. The highest BCUT2D eigenvalue weighted by Gasteiger charge is 2.29. The quantitative estimate of drug-likeness (QED) is 0.685. The second-order valence-electron chi connectivity index (χ2n) is 4.22. The Morgan fingerprint density at radius 3 is 2.73 bits per heavy atom. The molecule has 2 rings (SSSR count). The number of carboxylic acid groups (broad SMARTS) is 1. The SMILES string of the molecule is O=C(O)CN1CCC(N2CCOCC2)C1. The molecule has 15 heavy (non-hydrogen) atoms. The van der Waals surface area contributed by atoms with Gasteiger partial charge in [-0.05, 0) is 6.42 Å². The summed E-state index contributed by atoms with van der Waals surface area (Å²) >= 11 is 0. The average molecular weight is 214 g/mol. The van der Waals surface area contributed by atoms with Gasteiger partial charge in [0.25, 0.3) is 0 Å². The number of hydrogen-bond donors (Lipinski definition) is 1. The molecular weight excluding hydrogens is 196 g/mol. The molecule has 0 aromatic heterocycles. The lowest BCUT2D eigenvalue weighted by atomic mass is 10.2. The zero-order chi connectivity index (χ0) is 10.7. The Labute approximate surface area is 89.6 Å². The first-order valence-corrected chi connectivity index (χ1v) is 5.51. The summed E-state index contributed by atoms with van der Waals surface area (Å²) < 4.78 is 5.30. The molecule has 2 fully saturated rings. The van der Waals surface area contributed by atoms with Crippen LogP contribution in [-0.2, 0) is 9.53 Å². The van der Waals surface area contributed by atoms with Crippen LogP contribution in [0.5, 0.6) is 0 Å². The summed E-state index contributed by atoms with van der Waals surface area (Å²) in [6.07, 6.45) is 1.09. The Morgan fingerprint density at radius 1 is 1.33 bits per heavy atom. The molecule has 86 valence electrons. The number of carbonyl (C=O) groups is 1. The van der Waals surface area contributed by atoms with E-state index in [1.807, 2.05) is 4.90 Å². The van der Waals surface area contributed by atoms with E-state index in [-0.39, 0.29) is 6.54 Å². The molecule has 0 radical (unpaired) electrons. The van der Waals surface area contributed by atoms with Crippen molar-refractivity contribution in [1.82, 2.24) is 9.80 Å². The largest absolute Gasteiger partial charge is 0.480 e. The monoisotopic (exact) mass is 214 g/mol. The molecule has 2 aliphatic rings. The number of hydrogen-bond acceptors (Lipinski definition) is 4. The summed E-state index contributed by atoms with van der Waals surface area (Å²) in [5.74, 6) is -0.724. The van der Waals surface area contributed by atoms with Crippen molar-refractivity contribution in [3.8, 4) is 0 Å². The zero-order valence-corrected chi connectivity index (χ0v) is 8.89. The van der Waals surface area contributed by atoms with Crippen LogP contribution in [0.25, 0.3) is 0 Å². The van der Waals surface area contributed by atoms with Gasteiger partial charge < -0.3 is 9.84 Å². The molecule has 0 spiro atoms. The number of aliphatic carboxylic acids is 1. The third-order valence-electron chi connectivity index (χ3n) is 3.17. The number of morpholine rings is 1. The molecule has 2 heterocycles. The lowest BCUT2D eigenvalue weighted by Crippen LogP contribution is -2.45. The van der Waals surface area contributed by atoms with Crippen LogP contribution in [0, 0.1) is 0 Å². The molecule has 1 N–H and O–H groups in total. The maximum Gasteiger partial charge on any atom is 0.317 e. The van der Waals surface area contributed by atoms with Crippen molar-refractivity contribution in [3.05, 3.63) is 0 Å². The fourth-order valence-electron chi connectivity index (χ4n) is 2.39. The third kappa shape index (κ3) is 2.90. The van der Waals surface area contributed by atoms with Gasteiger partial charge in [-0.25, -0.2) is 0 Å². The van der Waals surface area contributed by atoms with E-state index in [2.05, 4.69) is 4.90 Å². The summed E-state index contributed by atoms with van der Waals surface area (Å²) in [6.45, 7) is 5.60. The van der Waals surface area contributed by atoms with E-state index in [0.29, 0.717) is 6.04 Å². The summed E-state index contributed by atoms with van der Waals surface area (Å²) in [5, 5.41) is 8.70. The molecule has 0 aromatic carbocycles. The minimum atomic E-state index is -0.724. The van der Waals surface area contributed by atoms with Gasteiger partial charge in [0.1, 0.15) is 0 Å². The first kappa shape index (κ1) is 10.9. The van der Waals surface area contributed by atoms with Gasteiger partial charge in [-0.3, -0.25) is 14.6 Å². The average Bonchev–Trinajstić information content (AvgIpc) is 2.67. The molecule has 0 aromatic rings. The normalized spacial score (nSPS) is 29.5. The third-order valence-corrected chi connectivity index (χ3v) is 3.17. The second-order valence-corrected chi connectivity index (χ2v) is 4.22. The highest BCUT2D eigenvalue weighted by atomic mass is 16.5. The molecule has 5 heteroatoms. The van der Waals surface area contributed by atoms with E-state index in [1.54, 1.807) is 0 Å². The summed E-state index contributed by atoms with van der Waals surface area (Å²) in [4.78, 5) is 15.0. The van der Waals surface area contributed by atoms with Crippen LogP contribution in [0.15, 0.2) is 0 Å². The lowest BCUT2D eigenvalue weighted by Gasteiger charge is -2.32. The van der Waals surface area contributed by atoms with Crippen LogP contribution < -0.4 is 0 Å². The van der Waals surface area contributed by atoms with E-state index in [4.69, 9.17) is 9.84 Å². The van der Waals surface area contributed by atoms with Crippen LogP contribution in [0.1, 0.15) is 6.42 Å². The van der Waals surface area contributed by atoms with Crippen molar-refractivity contribution < 1.29 is 14.6 Å². The molecule has 2 aliphatic heterocycles. The number of carboxylic acids is 1. The highest BCUT2D eigenvalue weighted by Crippen LogP contribution is 2.16. The molecule has 1 unspecified atom stereocenters. The van der Waals surface area contributed by atoms with Crippen molar-refractivity contribution in [2.45, 2.75) is 12.5 Å². The van der Waals surface area contributed by atoms with Crippen LogP contribution in [0.3, 0.4) is 0 Å². The maximum absolute atomic E-state index is 10.6. The molecule has 2 saturated heterocycles. The van der Waals surface area contributed by atoms with Crippen LogP contribution in [0.2, 0.25) is 0 Å². The molecular formula is C10H18N2O3. The van der Waals surface area contributed by atoms with E-state index >= 15 is 0 Å². The Morgan fingerprint density at radius 2 is 2.07 bits per heavy atom. The van der Waals surface area contributed by atoms with Crippen molar-refractivity contribution in [2.24, 2.45) is 0 Å². The smallest absolute Gasteiger partial charge is 0.317 e. The first-order valence-electron chi connectivity index (χ1n) is 5.51. The summed E-state index contributed by atoms with van der Waals surface area (Å²) in [5.41, 5.74) is 0. The molecule has 5 nitrogen and oxygen atoms in total. The maximum atomic E-state index is 10.6. The standard InChI is InChI=1S/C10H18N2O3/c13-10(14)8-11-2-1-9(7-11)12-3-5-15-6-4-12/h9H,1-8H2,(H,13,14). The van der Waals surface area contributed by atoms with E-state index in [0.717, 1.165) is 45.8 Å². The number of likely N-dealkylation sites (tertiary alicyclic amines) is 1. The molecule has 1 atom stereocenters. The topological polar surface area (TPSA) is 53.0 Å². The minimum Gasteiger partial charge on any atom is -0.480 e. The fraction of sp³-hybridized carbons (Fsp3) is 0.900. The van der Waals surface area contributed by atoms with Gasteiger partial charge in [0.15, 0.2) is 0 Å². The van der Waals surface area contributed by atoms with Gasteiger partial charge in [-0.2, -0.15) is 0 Å². The highest BCUT2D eigenvalue weighted by molar-refractivity contribution is 5.69. The van der Waals surface area contributed by atoms with Crippen molar-refractivity contribution >= 4 is 5.97 Å². The molecule has 0 amide bonds. The number of ether oxygens (including phenoxy) is 1. The molecule has 0 bridgehead atoms. The summed E-state index contributed by atoms with van der Waals surface area (Å²) in [7, 11) is 0.